The van der Waals surface area contributed by atoms with Crippen LogP contribution in [0.4, 0.5) is 5.82 Å². The molecule has 3 aliphatic heterocycles. The molecule has 0 unspecified atom stereocenters. The Balaban J connectivity index is 1.03. The Hall–Kier alpha value is -2.16. The van der Waals surface area contributed by atoms with E-state index in [9.17, 15) is 5.11 Å². The largest absolute Gasteiger partial charge is 0.394 e. The van der Waals surface area contributed by atoms with Crippen LogP contribution in [0.15, 0.2) is 6.20 Å². The fourth-order valence-corrected chi connectivity index (χ4v) is 5.84. The lowest BCUT2D eigenvalue weighted by atomic mass is 10.1. The summed E-state index contributed by atoms with van der Waals surface area (Å²) in [6.45, 7) is 10.3. The standard InChI is InChI=1S/C29H43ClN6O8/c1-4-10-38-12-14-40-16-17-41-15-13-39-11-9-35-7-5-20(6-8-35)32-25-21-18-31-36(26(21)34-28(30)33-25)27-24-23(22(19-37)42-27)43-29(2,3)44-24/h1,18,20,22-24,27,37H,5-17,19H2,2-3H3,(H,32,33,34)/t22-,23-,24-,27-/m1/s1. The van der Waals surface area contributed by atoms with E-state index in [0.717, 1.165) is 37.9 Å². The highest BCUT2D eigenvalue weighted by molar-refractivity contribution is 6.28. The second-order valence-electron chi connectivity index (χ2n) is 11.3. The summed E-state index contributed by atoms with van der Waals surface area (Å²) >= 11 is 6.37. The molecule has 0 amide bonds. The SMILES string of the molecule is C#CCOCCOCCOCCOCCN1CCC(Nc2nc(Cl)nc3c2cnn3[C@@H]2O[C@H](CO)[C@H]3OC(C)(C)O[C@H]32)CC1. The van der Waals surface area contributed by atoms with Crippen LogP contribution in [0, 0.1) is 12.3 Å². The van der Waals surface area contributed by atoms with Crippen LogP contribution in [-0.2, 0) is 33.2 Å². The van der Waals surface area contributed by atoms with Gasteiger partial charge < -0.3 is 48.5 Å². The van der Waals surface area contributed by atoms with Gasteiger partial charge in [-0.3, -0.25) is 0 Å². The van der Waals surface area contributed by atoms with Crippen molar-refractivity contribution in [1.82, 2.24) is 24.6 Å². The van der Waals surface area contributed by atoms with Gasteiger partial charge in [0.05, 0.1) is 64.4 Å². The number of aromatic nitrogens is 4. The number of terminal acetylenes is 1. The zero-order valence-electron chi connectivity index (χ0n) is 25.4. The first kappa shape index (κ1) is 33.2. The first-order chi connectivity index (χ1) is 21.4. The van der Waals surface area contributed by atoms with E-state index in [-0.39, 0.29) is 17.9 Å². The Kier molecular flexibility index (Phi) is 12.0. The maximum Gasteiger partial charge on any atom is 0.226 e. The third-order valence-corrected chi connectivity index (χ3v) is 7.92. The zero-order chi connectivity index (χ0) is 30.9. The number of hydrogen-bond donors (Lipinski definition) is 2. The number of fused-ring (bicyclic) bond motifs is 2. The predicted octanol–water partition coefficient (Wildman–Crippen LogP) is 1.47. The summed E-state index contributed by atoms with van der Waals surface area (Å²) in [5, 5.41) is 18.8. The smallest absolute Gasteiger partial charge is 0.226 e. The molecular formula is C29H43ClN6O8. The lowest BCUT2D eigenvalue weighted by Crippen LogP contribution is -2.40. The van der Waals surface area contributed by atoms with Crippen molar-refractivity contribution in [3.05, 3.63) is 11.5 Å². The summed E-state index contributed by atoms with van der Waals surface area (Å²) in [5.74, 6) is 2.25. The van der Waals surface area contributed by atoms with Crippen molar-refractivity contribution in [3.8, 4) is 12.3 Å². The summed E-state index contributed by atoms with van der Waals surface area (Å²) in [6.07, 6.45) is 6.68. The number of halogens is 1. The van der Waals surface area contributed by atoms with Gasteiger partial charge in [-0.15, -0.1) is 6.42 Å². The van der Waals surface area contributed by atoms with E-state index in [0.29, 0.717) is 64.3 Å². The molecule has 2 aromatic heterocycles. The third kappa shape index (κ3) is 8.55. The summed E-state index contributed by atoms with van der Waals surface area (Å²) in [5.41, 5.74) is 0.528. The van der Waals surface area contributed by atoms with E-state index >= 15 is 0 Å². The molecule has 0 spiro atoms. The maximum atomic E-state index is 9.87. The summed E-state index contributed by atoms with van der Waals surface area (Å²) in [7, 11) is 0. The van der Waals surface area contributed by atoms with Crippen molar-refractivity contribution in [3.63, 3.8) is 0 Å². The highest BCUT2D eigenvalue weighted by Crippen LogP contribution is 2.43. The van der Waals surface area contributed by atoms with Crippen molar-refractivity contribution >= 4 is 28.5 Å². The van der Waals surface area contributed by atoms with Gasteiger partial charge in [-0.05, 0) is 38.3 Å². The van der Waals surface area contributed by atoms with E-state index < -0.39 is 30.3 Å². The Labute approximate surface area is 262 Å². The molecule has 0 radical (unpaired) electrons. The molecule has 44 heavy (non-hydrogen) atoms. The van der Waals surface area contributed by atoms with Crippen LogP contribution in [-0.4, -0.2) is 139 Å². The van der Waals surface area contributed by atoms with E-state index in [2.05, 4.69) is 31.2 Å². The summed E-state index contributed by atoms with van der Waals surface area (Å²) < 4.78 is 41.7. The molecule has 0 bridgehead atoms. The highest BCUT2D eigenvalue weighted by atomic mass is 35.5. The minimum Gasteiger partial charge on any atom is -0.394 e. The quantitative estimate of drug-likeness (QED) is 0.147. The molecule has 3 saturated heterocycles. The van der Waals surface area contributed by atoms with Crippen molar-refractivity contribution in [2.24, 2.45) is 0 Å². The molecule has 14 nitrogen and oxygen atoms in total. The molecule has 0 aliphatic carbocycles. The van der Waals surface area contributed by atoms with Gasteiger partial charge in [-0.2, -0.15) is 15.1 Å². The van der Waals surface area contributed by atoms with Gasteiger partial charge in [0.1, 0.15) is 30.7 Å². The molecule has 2 N–H and O–H groups in total. The van der Waals surface area contributed by atoms with Crippen LogP contribution in [0.5, 0.6) is 0 Å². The normalized spacial score (nSPS) is 25.4. The highest BCUT2D eigenvalue weighted by Gasteiger charge is 2.56. The predicted molar refractivity (Wildman–Crippen MR) is 160 cm³/mol. The second kappa shape index (κ2) is 15.9. The topological polar surface area (TPSA) is 144 Å². The van der Waals surface area contributed by atoms with Crippen LogP contribution in [0.1, 0.15) is 32.9 Å². The number of nitrogens with zero attached hydrogens (tertiary/aromatic N) is 5. The number of ether oxygens (including phenoxy) is 7. The maximum absolute atomic E-state index is 9.87. The van der Waals surface area contributed by atoms with Crippen LogP contribution in [0.2, 0.25) is 5.28 Å². The monoisotopic (exact) mass is 638 g/mol. The fraction of sp³-hybridized carbons (Fsp3) is 0.759. The molecule has 5 heterocycles. The van der Waals surface area contributed by atoms with E-state index in [1.54, 1.807) is 10.9 Å². The fourth-order valence-electron chi connectivity index (χ4n) is 5.68. The van der Waals surface area contributed by atoms with Gasteiger partial charge in [0.15, 0.2) is 17.7 Å². The lowest BCUT2D eigenvalue weighted by molar-refractivity contribution is -0.201. The molecule has 0 aromatic carbocycles. The number of hydrogen-bond acceptors (Lipinski definition) is 13. The number of aliphatic hydroxyl groups is 1. The number of anilines is 1. The zero-order valence-corrected chi connectivity index (χ0v) is 26.1. The average molecular weight is 639 g/mol. The number of piperidine rings is 1. The van der Waals surface area contributed by atoms with E-state index in [1.165, 1.54) is 0 Å². The van der Waals surface area contributed by atoms with Gasteiger partial charge in [-0.25, -0.2) is 4.68 Å². The summed E-state index contributed by atoms with van der Waals surface area (Å²) in [6, 6.07) is 0.224. The molecule has 4 atom stereocenters. The minimum atomic E-state index is -0.794. The van der Waals surface area contributed by atoms with Crippen molar-refractivity contribution in [2.75, 3.05) is 84.4 Å². The van der Waals surface area contributed by atoms with Gasteiger partial charge in [0.25, 0.3) is 0 Å². The minimum absolute atomic E-state index is 0.107. The molecule has 3 fully saturated rings. The van der Waals surface area contributed by atoms with Crippen LogP contribution in [0.3, 0.4) is 0 Å². The third-order valence-electron chi connectivity index (χ3n) is 7.75. The number of nitrogens with one attached hydrogen (secondary N) is 1. The molecule has 15 heteroatoms. The number of aliphatic hydroxyl groups excluding tert-OH is 1. The second-order valence-corrected chi connectivity index (χ2v) is 11.7. The molecular weight excluding hydrogens is 596 g/mol. The first-order valence-corrected chi connectivity index (χ1v) is 15.5. The summed E-state index contributed by atoms with van der Waals surface area (Å²) in [4.78, 5) is 11.3. The van der Waals surface area contributed by atoms with E-state index in [1.807, 2.05) is 13.8 Å². The van der Waals surface area contributed by atoms with Gasteiger partial charge in [0, 0.05) is 25.7 Å². The Morgan fingerprint density at radius 3 is 2.36 bits per heavy atom. The number of likely N-dealkylation sites (tertiary alicyclic amines) is 1. The van der Waals surface area contributed by atoms with Crippen LogP contribution in [0.25, 0.3) is 11.0 Å². The molecule has 5 rings (SSSR count). The molecule has 3 aliphatic rings. The van der Waals surface area contributed by atoms with Gasteiger partial charge >= 0.3 is 0 Å². The molecule has 244 valence electrons. The van der Waals surface area contributed by atoms with Gasteiger partial charge in [0.2, 0.25) is 5.28 Å². The van der Waals surface area contributed by atoms with E-state index in [4.69, 9.17) is 51.2 Å². The number of rotatable bonds is 17. The van der Waals surface area contributed by atoms with Crippen LogP contribution >= 0.6 is 11.6 Å². The molecule has 2 aromatic rings. The van der Waals surface area contributed by atoms with Crippen molar-refractivity contribution < 1.29 is 38.3 Å². The van der Waals surface area contributed by atoms with Crippen LogP contribution < -0.4 is 5.32 Å². The first-order valence-electron chi connectivity index (χ1n) is 15.1. The van der Waals surface area contributed by atoms with Gasteiger partial charge in [-0.1, -0.05) is 5.92 Å². The lowest BCUT2D eigenvalue weighted by Gasteiger charge is -2.32. The van der Waals surface area contributed by atoms with Crippen molar-refractivity contribution in [1.29, 1.82) is 0 Å². The molecule has 0 saturated carbocycles. The Morgan fingerprint density at radius 2 is 1.68 bits per heavy atom. The average Bonchev–Trinajstić information content (AvgIpc) is 3.66. The van der Waals surface area contributed by atoms with Crippen molar-refractivity contribution in [2.45, 2.75) is 63.1 Å². The Bertz CT molecular complexity index is 1240. The Morgan fingerprint density at radius 1 is 1.02 bits per heavy atom.